The van der Waals surface area contributed by atoms with Crippen molar-refractivity contribution in [1.29, 1.82) is 0 Å². The van der Waals surface area contributed by atoms with Gasteiger partial charge in [0.25, 0.3) is 0 Å². The zero-order chi connectivity index (χ0) is 12.8. The molecule has 16 heavy (non-hydrogen) atoms. The average molecular weight is 270 g/mol. The summed E-state index contributed by atoms with van der Waals surface area (Å²) >= 11 is 0. The van der Waals surface area contributed by atoms with Gasteiger partial charge in [0.2, 0.25) is 5.91 Å². The second-order valence-electron chi connectivity index (χ2n) is 4.13. The molecule has 0 spiro atoms. The summed E-state index contributed by atoms with van der Waals surface area (Å²) in [6, 6.07) is 0. The summed E-state index contributed by atoms with van der Waals surface area (Å²) in [6.45, 7) is 2.38. The van der Waals surface area contributed by atoms with Gasteiger partial charge >= 0.3 is 0 Å². The lowest BCUT2D eigenvalue weighted by molar-refractivity contribution is -0.120. The molecule has 1 aliphatic heterocycles. The first-order valence-corrected chi connectivity index (χ1v) is 7.69. The SMILES string of the molecule is CC(=O)NC1(C)CS(=O)(=O)CC1S(=O)(=O)[O-]. The van der Waals surface area contributed by atoms with Crippen LogP contribution >= 0.6 is 0 Å². The third kappa shape index (κ3) is 2.71. The lowest BCUT2D eigenvalue weighted by Gasteiger charge is -2.32. The molecule has 0 saturated carbocycles. The maximum absolute atomic E-state index is 11.3. The second-order valence-corrected chi connectivity index (χ2v) is 7.80. The number of carbonyl (C=O) groups excluding carboxylic acids is 1. The average Bonchev–Trinajstić information content (AvgIpc) is 2.17. The highest BCUT2D eigenvalue weighted by Gasteiger charge is 2.51. The molecule has 1 aliphatic rings. The van der Waals surface area contributed by atoms with Gasteiger partial charge in [0.15, 0.2) is 9.84 Å². The maximum Gasteiger partial charge on any atom is 0.217 e. The quantitative estimate of drug-likeness (QED) is 0.592. The molecule has 2 unspecified atom stereocenters. The smallest absolute Gasteiger partial charge is 0.217 e. The fourth-order valence-corrected chi connectivity index (χ4v) is 6.25. The van der Waals surface area contributed by atoms with Gasteiger partial charge in [0, 0.05) is 6.92 Å². The lowest BCUT2D eigenvalue weighted by Crippen LogP contribution is -2.56. The molecule has 1 saturated heterocycles. The van der Waals surface area contributed by atoms with Crippen LogP contribution in [0.1, 0.15) is 13.8 Å². The van der Waals surface area contributed by atoms with Gasteiger partial charge in [-0.3, -0.25) is 4.79 Å². The van der Waals surface area contributed by atoms with Gasteiger partial charge in [-0.25, -0.2) is 16.8 Å². The number of nitrogens with one attached hydrogen (secondary N) is 1. The minimum atomic E-state index is -4.77. The van der Waals surface area contributed by atoms with Crippen molar-refractivity contribution in [2.75, 3.05) is 11.5 Å². The van der Waals surface area contributed by atoms with Crippen molar-refractivity contribution in [3.8, 4) is 0 Å². The largest absolute Gasteiger partial charge is 0.748 e. The van der Waals surface area contributed by atoms with Crippen LogP contribution in [0.5, 0.6) is 0 Å². The monoisotopic (exact) mass is 270 g/mol. The standard InChI is InChI=1S/C7H13NO6S2/c1-5(9)8-7(2)4-15(10,11)3-6(7)16(12,13)14/h6H,3-4H2,1-2H3,(H,8,9)(H,12,13,14)/p-1. The number of hydrogen-bond donors (Lipinski definition) is 1. The van der Waals surface area contributed by atoms with Crippen molar-refractivity contribution < 1.29 is 26.2 Å². The molecule has 1 amide bonds. The number of carbonyl (C=O) groups is 1. The van der Waals surface area contributed by atoms with E-state index in [-0.39, 0.29) is 0 Å². The van der Waals surface area contributed by atoms with Gasteiger partial charge in [0.1, 0.15) is 10.1 Å². The maximum atomic E-state index is 11.3. The summed E-state index contributed by atoms with van der Waals surface area (Å²) in [6.07, 6.45) is 0. The van der Waals surface area contributed by atoms with Crippen LogP contribution in [0.15, 0.2) is 0 Å². The summed E-state index contributed by atoms with van der Waals surface area (Å²) in [5, 5.41) is 0.602. The number of rotatable bonds is 2. The van der Waals surface area contributed by atoms with Crippen molar-refractivity contribution in [2.24, 2.45) is 0 Å². The summed E-state index contributed by atoms with van der Waals surface area (Å²) in [4.78, 5) is 10.9. The molecular weight excluding hydrogens is 258 g/mol. The molecule has 1 fully saturated rings. The highest BCUT2D eigenvalue weighted by Crippen LogP contribution is 2.28. The van der Waals surface area contributed by atoms with Gasteiger partial charge in [-0.05, 0) is 6.92 Å². The van der Waals surface area contributed by atoms with E-state index in [0.29, 0.717) is 0 Å². The molecule has 1 N–H and O–H groups in total. The van der Waals surface area contributed by atoms with Gasteiger partial charge in [0.05, 0.1) is 22.3 Å². The van der Waals surface area contributed by atoms with E-state index in [0.717, 1.165) is 6.92 Å². The van der Waals surface area contributed by atoms with Crippen molar-refractivity contribution in [2.45, 2.75) is 24.6 Å². The van der Waals surface area contributed by atoms with E-state index in [9.17, 15) is 26.2 Å². The molecule has 0 aliphatic carbocycles. The molecule has 0 aromatic rings. The van der Waals surface area contributed by atoms with Crippen LogP contribution in [0.25, 0.3) is 0 Å². The second kappa shape index (κ2) is 3.67. The third-order valence-electron chi connectivity index (χ3n) is 2.45. The van der Waals surface area contributed by atoms with E-state index >= 15 is 0 Å². The molecule has 94 valence electrons. The minimum Gasteiger partial charge on any atom is -0.748 e. The molecular formula is C7H12NO6S2-. The molecule has 1 rings (SSSR count). The van der Waals surface area contributed by atoms with Crippen molar-refractivity contribution >= 4 is 25.9 Å². The van der Waals surface area contributed by atoms with Gasteiger partial charge in [-0.2, -0.15) is 0 Å². The first-order chi connectivity index (χ1) is 6.96. The zero-order valence-corrected chi connectivity index (χ0v) is 10.4. The highest BCUT2D eigenvalue weighted by molar-refractivity contribution is 7.94. The van der Waals surface area contributed by atoms with Crippen LogP contribution in [0, 0.1) is 0 Å². The Labute approximate surface area is 93.9 Å². The Balaban J connectivity index is 3.21. The predicted molar refractivity (Wildman–Crippen MR) is 54.4 cm³/mol. The van der Waals surface area contributed by atoms with E-state index in [2.05, 4.69) is 5.32 Å². The molecule has 7 nitrogen and oxygen atoms in total. The Hall–Kier alpha value is -0.670. The Morgan fingerprint density at radius 1 is 1.50 bits per heavy atom. The van der Waals surface area contributed by atoms with E-state index in [1.807, 2.05) is 0 Å². The van der Waals surface area contributed by atoms with Gasteiger partial charge in [-0.15, -0.1) is 0 Å². The fourth-order valence-electron chi connectivity index (χ4n) is 1.94. The number of sulfone groups is 1. The van der Waals surface area contributed by atoms with Gasteiger partial charge < -0.3 is 9.87 Å². The first-order valence-electron chi connectivity index (χ1n) is 4.40. The fraction of sp³-hybridized carbons (Fsp3) is 0.857. The summed E-state index contributed by atoms with van der Waals surface area (Å²) in [7, 11) is -8.40. The number of hydrogen-bond acceptors (Lipinski definition) is 6. The normalized spacial score (nSPS) is 33.6. The van der Waals surface area contributed by atoms with Crippen molar-refractivity contribution in [1.82, 2.24) is 5.32 Å². The minimum absolute atomic E-state index is 0.536. The van der Waals surface area contributed by atoms with Crippen molar-refractivity contribution in [3.05, 3.63) is 0 Å². The topological polar surface area (TPSA) is 120 Å². The van der Waals surface area contributed by atoms with Crippen molar-refractivity contribution in [3.63, 3.8) is 0 Å². The predicted octanol–water partition coefficient (Wildman–Crippen LogP) is -1.78. The molecule has 0 radical (unpaired) electrons. The van der Waals surface area contributed by atoms with Crippen LogP contribution < -0.4 is 5.32 Å². The van der Waals surface area contributed by atoms with Crippen LogP contribution in [0.4, 0.5) is 0 Å². The Morgan fingerprint density at radius 3 is 2.38 bits per heavy atom. The molecule has 0 aromatic heterocycles. The molecule has 2 atom stereocenters. The molecule has 0 bridgehead atoms. The van der Waals surface area contributed by atoms with E-state index in [1.165, 1.54) is 6.92 Å². The Bertz CT molecular complexity index is 507. The summed E-state index contributed by atoms with van der Waals surface area (Å²) in [5.41, 5.74) is -1.54. The zero-order valence-electron chi connectivity index (χ0n) is 8.76. The van der Waals surface area contributed by atoms with Crippen LogP contribution in [0.2, 0.25) is 0 Å². The molecule has 9 heteroatoms. The molecule has 0 aromatic carbocycles. The van der Waals surface area contributed by atoms with E-state index < -0.39 is 48.2 Å². The molecule has 1 heterocycles. The third-order valence-corrected chi connectivity index (χ3v) is 5.92. The first kappa shape index (κ1) is 13.4. The summed E-state index contributed by atoms with van der Waals surface area (Å²) < 4.78 is 55.5. The summed E-state index contributed by atoms with van der Waals surface area (Å²) in [5.74, 6) is -1.85. The highest BCUT2D eigenvalue weighted by atomic mass is 32.2. The Morgan fingerprint density at radius 2 is 2.00 bits per heavy atom. The van der Waals surface area contributed by atoms with E-state index in [1.54, 1.807) is 0 Å². The number of amides is 1. The van der Waals surface area contributed by atoms with Crippen LogP contribution in [0.3, 0.4) is 0 Å². The lowest BCUT2D eigenvalue weighted by atomic mass is 10.0. The van der Waals surface area contributed by atoms with Crippen LogP contribution in [-0.4, -0.2) is 49.6 Å². The Kier molecular flexibility index (Phi) is 3.07. The van der Waals surface area contributed by atoms with Gasteiger partial charge in [-0.1, -0.05) is 0 Å². The van der Waals surface area contributed by atoms with Crippen LogP contribution in [-0.2, 0) is 24.7 Å². The van der Waals surface area contributed by atoms with E-state index in [4.69, 9.17) is 0 Å².